The molecule has 0 aromatic carbocycles. The van der Waals surface area contributed by atoms with Crippen LogP contribution in [0.4, 0.5) is 5.82 Å². The molecule has 112 valence electrons. The van der Waals surface area contributed by atoms with Gasteiger partial charge in [0.15, 0.2) is 0 Å². The Hall–Kier alpha value is -1.65. The molecule has 0 amide bonds. The van der Waals surface area contributed by atoms with Gasteiger partial charge in [0.1, 0.15) is 11.9 Å². The maximum atomic E-state index is 12.2. The van der Waals surface area contributed by atoms with E-state index in [0.717, 1.165) is 18.5 Å². The second kappa shape index (κ2) is 5.28. The third-order valence-electron chi connectivity index (χ3n) is 3.98. The molecule has 2 fully saturated rings. The maximum Gasteiger partial charge on any atom is 0.217 e. The molecule has 1 saturated carbocycles. The zero-order chi connectivity index (χ0) is 15.0. The molecule has 21 heavy (non-hydrogen) atoms. The molecule has 7 heteroatoms. The number of aryl methyl sites for hydroxylation is 1. The third-order valence-corrected chi connectivity index (χ3v) is 6.38. The molecule has 0 N–H and O–H groups in total. The van der Waals surface area contributed by atoms with E-state index in [-0.39, 0.29) is 5.25 Å². The highest BCUT2D eigenvalue weighted by molar-refractivity contribution is 7.90. The van der Waals surface area contributed by atoms with E-state index in [1.54, 1.807) is 10.4 Å². The average Bonchev–Trinajstić information content (AvgIpc) is 3.32. The third kappa shape index (κ3) is 2.74. The molecule has 0 unspecified atom stereocenters. The van der Waals surface area contributed by atoms with Gasteiger partial charge in [0.2, 0.25) is 10.0 Å². The summed E-state index contributed by atoms with van der Waals surface area (Å²) in [4.78, 5) is 6.44. The Labute approximate surface area is 125 Å². The molecule has 2 heterocycles. The van der Waals surface area contributed by atoms with Crippen molar-refractivity contribution in [2.75, 3.05) is 31.1 Å². The number of rotatable bonds is 3. The normalized spacial score (nSPS) is 20.3. The van der Waals surface area contributed by atoms with Crippen molar-refractivity contribution in [2.45, 2.75) is 25.0 Å². The van der Waals surface area contributed by atoms with Crippen LogP contribution in [0.1, 0.15) is 24.1 Å². The monoisotopic (exact) mass is 306 g/mol. The van der Waals surface area contributed by atoms with Gasteiger partial charge < -0.3 is 4.90 Å². The van der Waals surface area contributed by atoms with Crippen LogP contribution in [0.2, 0.25) is 0 Å². The summed E-state index contributed by atoms with van der Waals surface area (Å²) in [5.74, 6) is 0.668. The van der Waals surface area contributed by atoms with Crippen LogP contribution in [0.25, 0.3) is 0 Å². The Morgan fingerprint density at radius 1 is 1.24 bits per heavy atom. The number of aromatic nitrogens is 1. The second-order valence-electron chi connectivity index (χ2n) is 5.57. The van der Waals surface area contributed by atoms with Crippen LogP contribution >= 0.6 is 0 Å². The number of anilines is 1. The smallest absolute Gasteiger partial charge is 0.217 e. The zero-order valence-electron chi connectivity index (χ0n) is 12.0. The van der Waals surface area contributed by atoms with E-state index >= 15 is 0 Å². The molecule has 6 nitrogen and oxygen atoms in total. The topological polar surface area (TPSA) is 77.3 Å². The molecule has 0 bridgehead atoms. The van der Waals surface area contributed by atoms with E-state index in [1.165, 1.54) is 0 Å². The van der Waals surface area contributed by atoms with Crippen LogP contribution in [0.5, 0.6) is 0 Å². The highest BCUT2D eigenvalue weighted by atomic mass is 32.2. The molecule has 2 aliphatic rings. The minimum atomic E-state index is -3.10. The summed E-state index contributed by atoms with van der Waals surface area (Å²) in [6, 6.07) is 5.74. The Morgan fingerprint density at radius 2 is 1.90 bits per heavy atom. The molecular weight excluding hydrogens is 288 g/mol. The van der Waals surface area contributed by atoms with E-state index in [4.69, 9.17) is 0 Å². The SMILES string of the molecule is Cc1ccc(C#N)c(N2CCN(S(=O)(=O)C3CC3)CC2)n1. The van der Waals surface area contributed by atoms with Crippen LogP contribution in [-0.2, 0) is 10.0 Å². The lowest BCUT2D eigenvalue weighted by Gasteiger charge is -2.35. The van der Waals surface area contributed by atoms with Gasteiger partial charge in [0, 0.05) is 31.9 Å². The molecule has 1 aliphatic heterocycles. The number of hydrogen-bond donors (Lipinski definition) is 0. The molecular formula is C14H18N4O2S. The molecule has 1 saturated heterocycles. The summed E-state index contributed by atoms with van der Waals surface area (Å²) >= 11 is 0. The van der Waals surface area contributed by atoms with E-state index in [0.29, 0.717) is 37.6 Å². The summed E-state index contributed by atoms with van der Waals surface area (Å²) in [7, 11) is -3.10. The molecule has 0 atom stereocenters. The lowest BCUT2D eigenvalue weighted by Crippen LogP contribution is -2.50. The van der Waals surface area contributed by atoms with Gasteiger partial charge in [-0.15, -0.1) is 0 Å². The van der Waals surface area contributed by atoms with Crippen molar-refractivity contribution in [3.8, 4) is 6.07 Å². The lowest BCUT2D eigenvalue weighted by atomic mass is 10.2. The highest BCUT2D eigenvalue weighted by Gasteiger charge is 2.41. The Bertz CT molecular complexity index is 683. The second-order valence-corrected chi connectivity index (χ2v) is 7.78. The lowest BCUT2D eigenvalue weighted by molar-refractivity contribution is 0.383. The summed E-state index contributed by atoms with van der Waals surface area (Å²) in [5.41, 5.74) is 1.40. The van der Waals surface area contributed by atoms with E-state index in [2.05, 4.69) is 11.1 Å². The Morgan fingerprint density at radius 3 is 2.48 bits per heavy atom. The first-order valence-corrected chi connectivity index (χ1v) is 8.64. The van der Waals surface area contributed by atoms with Crippen molar-refractivity contribution in [1.29, 1.82) is 5.26 Å². The van der Waals surface area contributed by atoms with E-state index in [9.17, 15) is 13.7 Å². The summed E-state index contributed by atoms with van der Waals surface area (Å²) in [6.45, 7) is 3.99. The first-order valence-electron chi connectivity index (χ1n) is 7.14. The zero-order valence-corrected chi connectivity index (χ0v) is 12.8. The van der Waals surface area contributed by atoms with Gasteiger partial charge >= 0.3 is 0 Å². The number of nitrogens with zero attached hydrogens (tertiary/aromatic N) is 4. The predicted octanol–water partition coefficient (Wildman–Crippen LogP) is 0.876. The Kier molecular flexibility index (Phi) is 3.59. The fourth-order valence-corrected chi connectivity index (χ4v) is 4.43. The molecule has 3 rings (SSSR count). The average molecular weight is 306 g/mol. The molecule has 1 aliphatic carbocycles. The van der Waals surface area contributed by atoms with Crippen molar-refractivity contribution >= 4 is 15.8 Å². The number of pyridine rings is 1. The quantitative estimate of drug-likeness (QED) is 0.828. The van der Waals surface area contributed by atoms with Crippen molar-refractivity contribution in [3.63, 3.8) is 0 Å². The van der Waals surface area contributed by atoms with Gasteiger partial charge in [-0.25, -0.2) is 13.4 Å². The van der Waals surface area contributed by atoms with Crippen LogP contribution in [-0.4, -0.2) is 49.1 Å². The van der Waals surface area contributed by atoms with Gasteiger partial charge in [0.05, 0.1) is 10.8 Å². The first kappa shape index (κ1) is 14.3. The molecule has 0 spiro atoms. The van der Waals surface area contributed by atoms with Crippen molar-refractivity contribution in [1.82, 2.24) is 9.29 Å². The van der Waals surface area contributed by atoms with Crippen LogP contribution in [0.15, 0.2) is 12.1 Å². The summed E-state index contributed by atoms with van der Waals surface area (Å²) < 4.78 is 26.0. The largest absolute Gasteiger partial charge is 0.353 e. The van der Waals surface area contributed by atoms with Gasteiger partial charge in [-0.1, -0.05) is 0 Å². The first-order chi connectivity index (χ1) is 10.0. The summed E-state index contributed by atoms with van der Waals surface area (Å²) in [6.07, 6.45) is 1.58. The van der Waals surface area contributed by atoms with Crippen LogP contribution < -0.4 is 4.90 Å². The predicted molar refractivity (Wildman–Crippen MR) is 79.4 cm³/mol. The molecule has 1 aromatic rings. The van der Waals surface area contributed by atoms with E-state index < -0.39 is 10.0 Å². The standard InChI is InChI=1S/C14H18N4O2S/c1-11-2-3-12(10-15)14(16-11)17-6-8-18(9-7-17)21(19,20)13-4-5-13/h2-3,13H,4-9H2,1H3. The number of piperazine rings is 1. The Balaban J connectivity index is 1.74. The highest BCUT2D eigenvalue weighted by Crippen LogP contribution is 2.31. The maximum absolute atomic E-state index is 12.2. The minimum Gasteiger partial charge on any atom is -0.353 e. The number of nitriles is 1. The van der Waals surface area contributed by atoms with Crippen molar-refractivity contribution < 1.29 is 8.42 Å². The fourth-order valence-electron chi connectivity index (χ4n) is 2.60. The van der Waals surface area contributed by atoms with Gasteiger partial charge in [-0.3, -0.25) is 0 Å². The van der Waals surface area contributed by atoms with Crippen LogP contribution in [0, 0.1) is 18.3 Å². The number of sulfonamides is 1. The number of hydrogen-bond acceptors (Lipinski definition) is 5. The summed E-state index contributed by atoms with van der Waals surface area (Å²) in [5, 5.41) is 9.02. The van der Waals surface area contributed by atoms with Crippen molar-refractivity contribution in [3.05, 3.63) is 23.4 Å². The van der Waals surface area contributed by atoms with Gasteiger partial charge in [0.25, 0.3) is 0 Å². The van der Waals surface area contributed by atoms with Crippen molar-refractivity contribution in [2.24, 2.45) is 0 Å². The van der Waals surface area contributed by atoms with Gasteiger partial charge in [-0.2, -0.15) is 9.57 Å². The minimum absolute atomic E-state index is 0.157. The van der Waals surface area contributed by atoms with Gasteiger partial charge in [-0.05, 0) is 31.9 Å². The fraction of sp³-hybridized carbons (Fsp3) is 0.571. The molecule has 1 aromatic heterocycles. The van der Waals surface area contributed by atoms with E-state index in [1.807, 2.05) is 17.9 Å². The van der Waals surface area contributed by atoms with Crippen LogP contribution in [0.3, 0.4) is 0 Å². The molecule has 0 radical (unpaired) electrons.